The third-order valence-corrected chi connectivity index (χ3v) is 6.17. The van der Waals surface area contributed by atoms with E-state index in [9.17, 15) is 17.8 Å². The fourth-order valence-electron chi connectivity index (χ4n) is 3.96. The monoisotopic (exact) mass is 561 g/mol. The number of benzene rings is 2. The molecule has 0 bridgehead atoms. The van der Waals surface area contributed by atoms with Gasteiger partial charge >= 0.3 is 35.5 Å². The van der Waals surface area contributed by atoms with Gasteiger partial charge in [0.05, 0.1) is 25.3 Å². The van der Waals surface area contributed by atoms with Gasteiger partial charge in [-0.25, -0.2) is 17.9 Å². The van der Waals surface area contributed by atoms with Crippen LogP contribution in [0.15, 0.2) is 54.6 Å². The van der Waals surface area contributed by atoms with Gasteiger partial charge in [-0.1, -0.05) is 30.3 Å². The molecule has 5 atom stereocenters. The molecule has 1 aliphatic rings. The summed E-state index contributed by atoms with van der Waals surface area (Å²) in [6.45, 7) is 3.60. The van der Waals surface area contributed by atoms with Gasteiger partial charge in [-0.2, -0.15) is 0 Å². The van der Waals surface area contributed by atoms with Crippen molar-refractivity contribution in [1.29, 1.82) is 0 Å². The molecule has 204 valence electrons. The van der Waals surface area contributed by atoms with E-state index in [-0.39, 0.29) is 56.0 Å². The second-order valence-electron chi connectivity index (χ2n) is 8.10. The van der Waals surface area contributed by atoms with Crippen molar-refractivity contribution in [1.82, 2.24) is 4.72 Å². The van der Waals surface area contributed by atoms with Crippen LogP contribution in [0.3, 0.4) is 0 Å². The van der Waals surface area contributed by atoms with Gasteiger partial charge in [0, 0.05) is 13.2 Å². The van der Waals surface area contributed by atoms with Gasteiger partial charge in [0.15, 0.2) is 16.6 Å². The largest absolute Gasteiger partial charge is 1.00 e. The van der Waals surface area contributed by atoms with Crippen LogP contribution in [0.4, 0.5) is 0 Å². The summed E-state index contributed by atoms with van der Waals surface area (Å²) in [4.78, 5) is 12.6. The molecule has 1 fully saturated rings. The van der Waals surface area contributed by atoms with Crippen molar-refractivity contribution < 1.29 is 75.7 Å². The second-order valence-corrected chi connectivity index (χ2v) is 9.25. The molecule has 0 saturated carbocycles. The van der Waals surface area contributed by atoms with Crippen molar-refractivity contribution in [2.45, 2.75) is 51.1 Å². The Morgan fingerprint density at radius 3 is 2.21 bits per heavy atom. The SMILES string of the molecule is CCO[C@H]1O[C@H](COC(=O)c2ccccc2)[C@@H](OCc2ccc(OC)cc2)[C@@H](NS(=O)(=O)[O-])[C@@H]1OCC.[Na+]. The van der Waals surface area contributed by atoms with Crippen LogP contribution in [0.5, 0.6) is 5.75 Å². The van der Waals surface area contributed by atoms with Gasteiger partial charge in [0.2, 0.25) is 0 Å². The molecule has 0 aliphatic carbocycles. The van der Waals surface area contributed by atoms with Gasteiger partial charge in [-0.15, -0.1) is 0 Å². The van der Waals surface area contributed by atoms with Crippen LogP contribution in [0.1, 0.15) is 29.8 Å². The third-order valence-electron chi connectivity index (χ3n) is 5.61. The zero-order chi connectivity index (χ0) is 26.8. The van der Waals surface area contributed by atoms with Crippen LogP contribution < -0.4 is 39.0 Å². The van der Waals surface area contributed by atoms with Crippen molar-refractivity contribution in [2.75, 3.05) is 26.9 Å². The zero-order valence-electron chi connectivity index (χ0n) is 21.9. The van der Waals surface area contributed by atoms with E-state index in [2.05, 4.69) is 4.72 Å². The van der Waals surface area contributed by atoms with E-state index in [0.29, 0.717) is 11.3 Å². The van der Waals surface area contributed by atoms with Crippen molar-refractivity contribution in [3.8, 4) is 5.75 Å². The molecule has 1 N–H and O–H groups in total. The first-order valence-corrected chi connectivity index (χ1v) is 13.2. The van der Waals surface area contributed by atoms with Gasteiger partial charge < -0.3 is 33.0 Å². The molecule has 11 nitrogen and oxygen atoms in total. The standard InChI is InChI=1S/C25H33NO10S.Na/c1-4-32-23-21(26-37(28,29)30)22(34-15-17-11-13-19(31-3)14-12-17)20(36-25(23)33-5-2)16-35-24(27)18-9-7-6-8-10-18;/h6-14,20-23,25-26H,4-5,15-16H2,1-3H3,(H,28,29,30);/q;+1/p-1/t20-,21-,22-,23+,25+;/m1./s1. The van der Waals surface area contributed by atoms with E-state index in [4.69, 9.17) is 28.4 Å². The number of ether oxygens (including phenoxy) is 6. The number of methoxy groups -OCH3 is 1. The van der Waals surface area contributed by atoms with E-state index in [0.717, 1.165) is 5.56 Å². The minimum atomic E-state index is -4.93. The van der Waals surface area contributed by atoms with Crippen molar-refractivity contribution in [3.63, 3.8) is 0 Å². The molecular formula is C25H32NNaO10S. The number of hydrogen-bond acceptors (Lipinski definition) is 10. The van der Waals surface area contributed by atoms with Crippen molar-refractivity contribution in [2.24, 2.45) is 0 Å². The minimum absolute atomic E-state index is 0. The average molecular weight is 562 g/mol. The minimum Gasteiger partial charge on any atom is -0.735 e. The summed E-state index contributed by atoms with van der Waals surface area (Å²) in [6.07, 6.45) is -4.11. The quantitative estimate of drug-likeness (QED) is 0.184. The van der Waals surface area contributed by atoms with E-state index in [1.807, 2.05) is 0 Å². The van der Waals surface area contributed by atoms with Gasteiger partial charge in [-0.3, -0.25) is 0 Å². The number of rotatable bonds is 13. The Labute approximate surface area is 245 Å². The molecule has 13 heteroatoms. The molecular weight excluding hydrogens is 529 g/mol. The summed E-state index contributed by atoms with van der Waals surface area (Å²) in [5.74, 6) is 0.0577. The number of carbonyl (C=O) groups is 1. The predicted octanol–water partition coefficient (Wildman–Crippen LogP) is -0.974. The smallest absolute Gasteiger partial charge is 0.735 e. The molecule has 2 aromatic rings. The van der Waals surface area contributed by atoms with E-state index >= 15 is 0 Å². The fraction of sp³-hybridized carbons (Fsp3) is 0.480. The molecule has 0 spiro atoms. The Balaban J connectivity index is 0.00000507. The van der Waals surface area contributed by atoms with Crippen LogP contribution in [-0.4, -0.2) is 76.5 Å². The average Bonchev–Trinajstić information content (AvgIpc) is 2.88. The van der Waals surface area contributed by atoms with Crippen LogP contribution >= 0.6 is 0 Å². The van der Waals surface area contributed by atoms with E-state index in [1.54, 1.807) is 75.6 Å². The Bertz CT molecular complexity index is 1090. The van der Waals surface area contributed by atoms with Crippen LogP contribution in [0, 0.1) is 0 Å². The normalized spacial score (nSPS) is 23.3. The van der Waals surface area contributed by atoms with E-state index < -0.39 is 46.9 Å². The van der Waals surface area contributed by atoms with Gasteiger partial charge in [-0.05, 0) is 43.7 Å². The topological polar surface area (TPSA) is 142 Å². The summed E-state index contributed by atoms with van der Waals surface area (Å²) in [6, 6.07) is 14.2. The first-order chi connectivity index (χ1) is 17.8. The summed E-state index contributed by atoms with van der Waals surface area (Å²) in [5, 5.41) is 0. The third kappa shape index (κ3) is 9.56. The molecule has 0 radical (unpaired) electrons. The molecule has 1 aliphatic heterocycles. The molecule has 38 heavy (non-hydrogen) atoms. The summed E-state index contributed by atoms with van der Waals surface area (Å²) < 4.78 is 71.7. The van der Waals surface area contributed by atoms with Gasteiger partial charge in [0.1, 0.15) is 30.7 Å². The maximum atomic E-state index is 12.6. The number of esters is 1. The Kier molecular flexibility index (Phi) is 13.6. The zero-order valence-corrected chi connectivity index (χ0v) is 24.7. The van der Waals surface area contributed by atoms with Crippen LogP contribution in [0.25, 0.3) is 0 Å². The maximum Gasteiger partial charge on any atom is 1.00 e. The number of nitrogens with one attached hydrogen (secondary N) is 1. The van der Waals surface area contributed by atoms with Crippen LogP contribution in [0.2, 0.25) is 0 Å². The molecule has 0 amide bonds. The Morgan fingerprint density at radius 2 is 1.63 bits per heavy atom. The molecule has 1 saturated heterocycles. The fourth-order valence-corrected chi connectivity index (χ4v) is 4.56. The summed E-state index contributed by atoms with van der Waals surface area (Å²) >= 11 is 0. The maximum absolute atomic E-state index is 12.6. The molecule has 0 aromatic heterocycles. The number of carbonyl (C=O) groups excluding carboxylic acids is 1. The first kappa shape index (κ1) is 32.6. The van der Waals surface area contributed by atoms with Crippen molar-refractivity contribution >= 4 is 16.3 Å². The van der Waals surface area contributed by atoms with Crippen molar-refractivity contribution in [3.05, 3.63) is 65.7 Å². The Morgan fingerprint density at radius 1 is 0.974 bits per heavy atom. The van der Waals surface area contributed by atoms with Crippen LogP contribution in [-0.2, 0) is 40.6 Å². The van der Waals surface area contributed by atoms with Gasteiger partial charge in [0.25, 0.3) is 0 Å². The predicted molar refractivity (Wildman–Crippen MR) is 131 cm³/mol. The first-order valence-electron chi connectivity index (χ1n) is 11.8. The number of hydrogen-bond donors (Lipinski definition) is 1. The molecule has 0 unspecified atom stereocenters. The molecule has 1 heterocycles. The molecule has 3 rings (SSSR count). The van der Waals surface area contributed by atoms with E-state index in [1.165, 1.54) is 0 Å². The molecule has 2 aromatic carbocycles. The summed E-state index contributed by atoms with van der Waals surface area (Å²) in [7, 11) is -3.38. The summed E-state index contributed by atoms with van der Waals surface area (Å²) in [5.41, 5.74) is 1.09. The Hall–Kier alpha value is -1.58. The second kappa shape index (κ2) is 15.9.